The number of rotatable bonds is 6. The molecule has 0 bridgehead atoms. The number of aromatic amines is 1. The summed E-state index contributed by atoms with van der Waals surface area (Å²) in [6.07, 6.45) is 1.44. The van der Waals surface area contributed by atoms with E-state index in [1.165, 1.54) is 12.1 Å². The van der Waals surface area contributed by atoms with Crippen LogP contribution in [0, 0.1) is 12.7 Å². The number of aryl methyl sites for hydroxylation is 2. The highest BCUT2D eigenvalue weighted by molar-refractivity contribution is 5.19. The first-order valence-electron chi connectivity index (χ1n) is 8.79. The van der Waals surface area contributed by atoms with Gasteiger partial charge in [0.15, 0.2) is 0 Å². The van der Waals surface area contributed by atoms with Gasteiger partial charge in [0.2, 0.25) is 0 Å². The average molecular weight is 347 g/mol. The zero-order chi connectivity index (χ0) is 17.9. The molecular weight excluding hydrogens is 321 g/mol. The van der Waals surface area contributed by atoms with E-state index in [9.17, 15) is 9.50 Å². The Kier molecular flexibility index (Phi) is 5.51. The largest absolute Gasteiger partial charge is 0.393 e. The van der Waals surface area contributed by atoms with Gasteiger partial charge in [-0.15, -0.1) is 0 Å². The highest BCUT2D eigenvalue weighted by Gasteiger charge is 2.36. The number of aromatic nitrogens is 2. The molecule has 1 aromatic heterocycles. The second-order valence-electron chi connectivity index (χ2n) is 6.81. The number of morpholine rings is 1. The molecule has 136 valence electrons. The van der Waals surface area contributed by atoms with E-state index in [0.29, 0.717) is 19.6 Å². The van der Waals surface area contributed by atoms with Crippen LogP contribution in [0.15, 0.2) is 24.3 Å². The Balaban J connectivity index is 1.71. The first-order chi connectivity index (χ1) is 12.0. The third-order valence-electron chi connectivity index (χ3n) is 4.80. The number of imidazole rings is 1. The Morgan fingerprint density at radius 1 is 1.36 bits per heavy atom. The molecule has 2 heterocycles. The molecule has 0 amide bonds. The van der Waals surface area contributed by atoms with E-state index in [1.54, 1.807) is 12.1 Å². The highest BCUT2D eigenvalue weighted by Crippen LogP contribution is 2.24. The van der Waals surface area contributed by atoms with Crippen LogP contribution in [-0.2, 0) is 24.1 Å². The van der Waals surface area contributed by atoms with Crippen molar-refractivity contribution in [3.05, 3.63) is 52.9 Å². The molecule has 0 radical (unpaired) electrons. The minimum Gasteiger partial charge on any atom is -0.393 e. The molecule has 0 aliphatic carbocycles. The number of nitrogens with zero attached hydrogens (tertiary/aromatic N) is 2. The van der Waals surface area contributed by atoms with Crippen molar-refractivity contribution >= 4 is 0 Å². The van der Waals surface area contributed by atoms with E-state index in [2.05, 4.69) is 21.8 Å². The van der Waals surface area contributed by atoms with Crippen molar-refractivity contribution in [3.63, 3.8) is 0 Å². The molecule has 6 heteroatoms. The maximum absolute atomic E-state index is 13.1. The number of benzene rings is 1. The number of nitrogens with one attached hydrogen (secondary N) is 1. The molecule has 1 aliphatic heterocycles. The smallest absolute Gasteiger partial charge is 0.123 e. The van der Waals surface area contributed by atoms with Gasteiger partial charge in [0.05, 0.1) is 18.9 Å². The molecule has 5 nitrogen and oxygen atoms in total. The van der Waals surface area contributed by atoms with Crippen molar-refractivity contribution in [1.29, 1.82) is 0 Å². The standard InChI is InChI=1S/C19H26FN3O2/c1-3-18-21-14(2)17(22-18)11-23-8-9-25-19(12-23,13-24)10-15-4-6-16(20)7-5-15/h4-7,24H,3,8-13H2,1-2H3,(H,21,22)/t19-/m1/s1. The molecule has 1 fully saturated rings. The predicted octanol–water partition coefficient (Wildman–Crippen LogP) is 2.23. The van der Waals surface area contributed by atoms with Gasteiger partial charge in [-0.3, -0.25) is 4.90 Å². The minimum absolute atomic E-state index is 0.0688. The molecular formula is C19H26FN3O2. The van der Waals surface area contributed by atoms with Crippen LogP contribution in [0.1, 0.15) is 29.7 Å². The second-order valence-corrected chi connectivity index (χ2v) is 6.81. The van der Waals surface area contributed by atoms with Crippen molar-refractivity contribution in [3.8, 4) is 0 Å². The maximum Gasteiger partial charge on any atom is 0.123 e. The van der Waals surface area contributed by atoms with Crippen LogP contribution in [-0.4, -0.2) is 51.9 Å². The van der Waals surface area contributed by atoms with Gasteiger partial charge in [0.25, 0.3) is 0 Å². The summed E-state index contributed by atoms with van der Waals surface area (Å²) in [5.74, 6) is 0.745. The Morgan fingerprint density at radius 3 is 2.76 bits per heavy atom. The molecule has 0 unspecified atom stereocenters. The van der Waals surface area contributed by atoms with Crippen LogP contribution in [0.3, 0.4) is 0 Å². The molecule has 0 spiro atoms. The van der Waals surface area contributed by atoms with E-state index < -0.39 is 5.60 Å². The minimum atomic E-state index is -0.659. The molecule has 1 aliphatic rings. The summed E-state index contributed by atoms with van der Waals surface area (Å²) in [4.78, 5) is 10.2. The molecule has 2 N–H and O–H groups in total. The summed E-state index contributed by atoms with van der Waals surface area (Å²) >= 11 is 0. The van der Waals surface area contributed by atoms with Crippen LogP contribution in [0.2, 0.25) is 0 Å². The van der Waals surface area contributed by atoms with Gasteiger partial charge >= 0.3 is 0 Å². The van der Waals surface area contributed by atoms with Gasteiger partial charge in [-0.05, 0) is 24.6 Å². The fourth-order valence-electron chi connectivity index (χ4n) is 3.39. The maximum atomic E-state index is 13.1. The molecule has 0 saturated carbocycles. The molecule has 1 aromatic carbocycles. The number of hydrogen-bond acceptors (Lipinski definition) is 4. The van der Waals surface area contributed by atoms with Crippen LogP contribution in [0.5, 0.6) is 0 Å². The fraction of sp³-hybridized carbons (Fsp3) is 0.526. The zero-order valence-corrected chi connectivity index (χ0v) is 14.9. The van der Waals surface area contributed by atoms with Gasteiger partial charge in [-0.25, -0.2) is 9.37 Å². The molecule has 2 aromatic rings. The summed E-state index contributed by atoms with van der Waals surface area (Å²) < 4.78 is 19.1. The Bertz CT molecular complexity index is 701. The summed E-state index contributed by atoms with van der Waals surface area (Å²) in [5.41, 5.74) is 2.44. The van der Waals surface area contributed by atoms with E-state index in [1.807, 2.05) is 6.92 Å². The lowest BCUT2D eigenvalue weighted by Crippen LogP contribution is -2.55. The SMILES string of the molecule is CCc1nc(CN2CCO[C@](CO)(Cc3ccc(F)cc3)C2)c(C)[nH]1. The normalized spacial score (nSPS) is 21.6. The van der Waals surface area contributed by atoms with Crippen molar-refractivity contribution in [2.45, 2.75) is 38.8 Å². The zero-order valence-electron chi connectivity index (χ0n) is 14.9. The summed E-state index contributed by atoms with van der Waals surface area (Å²) in [6.45, 7) is 6.77. The van der Waals surface area contributed by atoms with E-state index in [0.717, 1.165) is 42.3 Å². The number of halogens is 1. The summed E-state index contributed by atoms with van der Waals surface area (Å²) in [7, 11) is 0. The van der Waals surface area contributed by atoms with E-state index in [-0.39, 0.29) is 12.4 Å². The monoisotopic (exact) mass is 347 g/mol. The quantitative estimate of drug-likeness (QED) is 0.841. The third-order valence-corrected chi connectivity index (χ3v) is 4.80. The van der Waals surface area contributed by atoms with Crippen LogP contribution >= 0.6 is 0 Å². The lowest BCUT2D eigenvalue weighted by atomic mass is 9.93. The number of aliphatic hydroxyl groups is 1. The van der Waals surface area contributed by atoms with Crippen LogP contribution in [0.25, 0.3) is 0 Å². The molecule has 1 saturated heterocycles. The van der Waals surface area contributed by atoms with Crippen molar-refractivity contribution in [2.24, 2.45) is 0 Å². The van der Waals surface area contributed by atoms with Crippen molar-refractivity contribution in [2.75, 3.05) is 26.3 Å². The van der Waals surface area contributed by atoms with Crippen LogP contribution in [0.4, 0.5) is 4.39 Å². The fourth-order valence-corrected chi connectivity index (χ4v) is 3.39. The number of aliphatic hydroxyl groups excluding tert-OH is 1. The first kappa shape index (κ1) is 18.0. The highest BCUT2D eigenvalue weighted by atomic mass is 19.1. The molecule has 1 atom stereocenters. The topological polar surface area (TPSA) is 61.4 Å². The summed E-state index contributed by atoms with van der Waals surface area (Å²) in [6, 6.07) is 6.39. The Labute approximate surface area is 147 Å². The van der Waals surface area contributed by atoms with Crippen LogP contribution < -0.4 is 0 Å². The molecule has 3 rings (SSSR count). The molecule has 25 heavy (non-hydrogen) atoms. The number of H-pyrrole nitrogens is 1. The average Bonchev–Trinajstić information content (AvgIpc) is 2.97. The third kappa shape index (κ3) is 4.26. The lowest BCUT2D eigenvalue weighted by molar-refractivity contribution is -0.134. The number of hydrogen-bond donors (Lipinski definition) is 2. The van der Waals surface area contributed by atoms with Crippen molar-refractivity contribution in [1.82, 2.24) is 14.9 Å². The summed E-state index contributed by atoms with van der Waals surface area (Å²) in [5, 5.41) is 9.99. The van der Waals surface area contributed by atoms with Gasteiger partial charge in [0, 0.05) is 38.2 Å². The van der Waals surface area contributed by atoms with Gasteiger partial charge < -0.3 is 14.8 Å². The lowest BCUT2D eigenvalue weighted by Gasteiger charge is -2.41. The number of ether oxygens (including phenoxy) is 1. The second kappa shape index (κ2) is 7.64. The Morgan fingerprint density at radius 2 is 2.12 bits per heavy atom. The van der Waals surface area contributed by atoms with E-state index in [4.69, 9.17) is 4.74 Å². The van der Waals surface area contributed by atoms with Gasteiger partial charge in [-0.1, -0.05) is 19.1 Å². The van der Waals surface area contributed by atoms with Crippen molar-refractivity contribution < 1.29 is 14.2 Å². The Hall–Kier alpha value is -1.76. The van der Waals surface area contributed by atoms with E-state index >= 15 is 0 Å². The first-order valence-corrected chi connectivity index (χ1v) is 8.79. The predicted molar refractivity (Wildman–Crippen MR) is 93.9 cm³/mol. The van der Waals surface area contributed by atoms with Gasteiger partial charge in [0.1, 0.15) is 17.2 Å². The van der Waals surface area contributed by atoms with Gasteiger partial charge in [-0.2, -0.15) is 0 Å².